The van der Waals surface area contributed by atoms with Crippen molar-refractivity contribution in [1.29, 1.82) is 0 Å². The molecule has 180 valence electrons. The minimum atomic E-state index is -0.179. The summed E-state index contributed by atoms with van der Waals surface area (Å²) in [7, 11) is 0. The molecule has 4 nitrogen and oxygen atoms in total. The van der Waals surface area contributed by atoms with Crippen LogP contribution in [0.1, 0.15) is 36.1 Å². The number of nitrogens with one attached hydrogen (secondary N) is 1. The van der Waals surface area contributed by atoms with Crippen molar-refractivity contribution in [1.82, 2.24) is 0 Å². The average molecular weight is 486 g/mol. The standard InChI is InChI=1S/C30H31NO3S/c1-7-33-29-21(5)30-26(27(17-34-30)24-13-8-18(2)14-19(24)3)16-25(29)20(4)15-28(32)31-22-9-11-23(35-6)12-10-22/h8-17H,7H2,1-6H3,(H,31,32)/b20-15+. The van der Waals surface area contributed by atoms with Gasteiger partial charge in [0.2, 0.25) is 5.91 Å². The molecular weight excluding hydrogens is 454 g/mol. The number of allylic oxidation sites excluding steroid dienone is 1. The van der Waals surface area contributed by atoms with Gasteiger partial charge in [0.25, 0.3) is 0 Å². The van der Waals surface area contributed by atoms with Gasteiger partial charge in [0.15, 0.2) is 0 Å². The van der Waals surface area contributed by atoms with Crippen molar-refractivity contribution in [3.05, 3.63) is 83.1 Å². The maximum Gasteiger partial charge on any atom is 0.248 e. The van der Waals surface area contributed by atoms with Gasteiger partial charge in [0, 0.05) is 38.7 Å². The van der Waals surface area contributed by atoms with Gasteiger partial charge in [-0.15, -0.1) is 11.8 Å². The van der Waals surface area contributed by atoms with Crippen LogP contribution in [0.4, 0.5) is 5.69 Å². The second kappa shape index (κ2) is 10.4. The SMILES string of the molecule is CCOc1c(/C(C)=C/C(=O)Nc2ccc(SC)cc2)cc2c(-c3ccc(C)cc3C)coc2c1C. The van der Waals surface area contributed by atoms with Crippen LogP contribution in [0.2, 0.25) is 0 Å². The first kappa shape index (κ1) is 24.7. The molecule has 0 aliphatic carbocycles. The average Bonchev–Trinajstić information content (AvgIpc) is 3.25. The van der Waals surface area contributed by atoms with E-state index < -0.39 is 0 Å². The molecule has 0 aliphatic heterocycles. The van der Waals surface area contributed by atoms with Gasteiger partial charge in [0.05, 0.1) is 12.9 Å². The molecule has 5 heteroatoms. The molecule has 1 aromatic heterocycles. The Kier molecular flexibility index (Phi) is 7.37. The first-order chi connectivity index (χ1) is 16.8. The lowest BCUT2D eigenvalue weighted by atomic mass is 9.94. The Bertz CT molecular complexity index is 1410. The molecule has 4 aromatic rings. The van der Waals surface area contributed by atoms with Gasteiger partial charge >= 0.3 is 0 Å². The van der Waals surface area contributed by atoms with Crippen LogP contribution >= 0.6 is 11.8 Å². The monoisotopic (exact) mass is 485 g/mol. The fourth-order valence-corrected chi connectivity index (χ4v) is 4.80. The molecule has 1 N–H and O–H groups in total. The smallest absolute Gasteiger partial charge is 0.248 e. The quantitative estimate of drug-likeness (QED) is 0.212. The summed E-state index contributed by atoms with van der Waals surface area (Å²) < 4.78 is 12.1. The molecule has 1 amide bonds. The van der Waals surface area contributed by atoms with Crippen LogP contribution in [0.25, 0.3) is 27.7 Å². The molecule has 0 saturated carbocycles. The van der Waals surface area contributed by atoms with Gasteiger partial charge in [-0.3, -0.25) is 4.79 Å². The van der Waals surface area contributed by atoms with Gasteiger partial charge in [-0.1, -0.05) is 23.8 Å². The van der Waals surface area contributed by atoms with Crippen molar-refractivity contribution in [3.63, 3.8) is 0 Å². The van der Waals surface area contributed by atoms with E-state index in [2.05, 4.69) is 43.4 Å². The Morgan fingerprint density at radius 1 is 1.06 bits per heavy atom. The van der Waals surface area contributed by atoms with E-state index in [4.69, 9.17) is 9.15 Å². The molecule has 0 atom stereocenters. The summed E-state index contributed by atoms with van der Waals surface area (Å²) in [4.78, 5) is 14.0. The number of fused-ring (bicyclic) bond motifs is 1. The van der Waals surface area contributed by atoms with Crippen molar-refractivity contribution in [2.45, 2.75) is 39.5 Å². The Morgan fingerprint density at radius 3 is 2.46 bits per heavy atom. The number of amides is 1. The normalized spacial score (nSPS) is 11.7. The minimum absolute atomic E-state index is 0.179. The topological polar surface area (TPSA) is 51.5 Å². The number of furan rings is 1. The fourth-order valence-electron chi connectivity index (χ4n) is 4.39. The molecular formula is C30H31NO3S. The van der Waals surface area contributed by atoms with Crippen LogP contribution < -0.4 is 10.1 Å². The largest absolute Gasteiger partial charge is 0.493 e. The predicted octanol–water partition coefficient (Wildman–Crippen LogP) is 8.19. The maximum absolute atomic E-state index is 12.8. The highest BCUT2D eigenvalue weighted by Gasteiger charge is 2.20. The van der Waals surface area contributed by atoms with Gasteiger partial charge in [-0.25, -0.2) is 0 Å². The summed E-state index contributed by atoms with van der Waals surface area (Å²) in [5, 5.41) is 3.97. The second-order valence-electron chi connectivity index (χ2n) is 8.70. The van der Waals surface area contributed by atoms with Crippen LogP contribution in [0.3, 0.4) is 0 Å². The zero-order valence-electron chi connectivity index (χ0n) is 21.1. The second-order valence-corrected chi connectivity index (χ2v) is 9.58. The van der Waals surface area contributed by atoms with Crippen LogP contribution in [0.15, 0.2) is 70.2 Å². The van der Waals surface area contributed by atoms with E-state index in [0.717, 1.165) is 55.1 Å². The number of ether oxygens (including phenoxy) is 1. The Morgan fingerprint density at radius 2 is 1.80 bits per heavy atom. The van der Waals surface area contributed by atoms with Gasteiger partial charge < -0.3 is 14.5 Å². The van der Waals surface area contributed by atoms with Crippen LogP contribution in [0, 0.1) is 20.8 Å². The van der Waals surface area contributed by atoms with Crippen molar-refractivity contribution in [2.24, 2.45) is 0 Å². The lowest BCUT2D eigenvalue weighted by molar-refractivity contribution is -0.111. The van der Waals surface area contributed by atoms with E-state index in [-0.39, 0.29) is 5.91 Å². The third-order valence-corrected chi connectivity index (χ3v) is 6.88. The van der Waals surface area contributed by atoms with Crippen LogP contribution in [0.5, 0.6) is 5.75 Å². The third kappa shape index (κ3) is 5.15. The summed E-state index contributed by atoms with van der Waals surface area (Å²) in [6.45, 7) is 10.6. The van der Waals surface area contributed by atoms with E-state index in [1.807, 2.05) is 57.6 Å². The highest BCUT2D eigenvalue weighted by atomic mass is 32.2. The minimum Gasteiger partial charge on any atom is -0.493 e. The predicted molar refractivity (Wildman–Crippen MR) is 148 cm³/mol. The Hall–Kier alpha value is -3.44. The van der Waals surface area contributed by atoms with Crippen LogP contribution in [-0.4, -0.2) is 18.8 Å². The lowest BCUT2D eigenvalue weighted by Crippen LogP contribution is -2.09. The van der Waals surface area contributed by atoms with Gasteiger partial charge in [-0.05, 0) is 87.9 Å². The molecule has 4 rings (SSSR count). The number of hydrogen-bond donors (Lipinski definition) is 1. The molecule has 0 unspecified atom stereocenters. The van der Waals surface area contributed by atoms with Crippen molar-refractivity contribution >= 4 is 39.9 Å². The number of thioether (sulfide) groups is 1. The molecule has 0 fully saturated rings. The number of rotatable bonds is 7. The number of carbonyl (C=O) groups excluding carboxylic acids is 1. The Labute approximate surface area is 211 Å². The van der Waals surface area contributed by atoms with E-state index in [0.29, 0.717) is 6.61 Å². The van der Waals surface area contributed by atoms with Gasteiger partial charge in [0.1, 0.15) is 11.3 Å². The number of aryl methyl sites for hydroxylation is 3. The summed E-state index contributed by atoms with van der Waals surface area (Å²) in [6.07, 6.45) is 5.47. The summed E-state index contributed by atoms with van der Waals surface area (Å²) >= 11 is 1.67. The number of carbonyl (C=O) groups is 1. The van der Waals surface area contributed by atoms with E-state index >= 15 is 0 Å². The van der Waals surface area contributed by atoms with Crippen molar-refractivity contribution in [3.8, 4) is 16.9 Å². The van der Waals surface area contributed by atoms with Crippen LogP contribution in [-0.2, 0) is 4.79 Å². The molecule has 0 aliphatic rings. The number of hydrogen-bond acceptors (Lipinski definition) is 4. The van der Waals surface area contributed by atoms with E-state index in [9.17, 15) is 4.79 Å². The zero-order chi connectivity index (χ0) is 25.1. The fraction of sp³-hybridized carbons (Fsp3) is 0.233. The molecule has 3 aromatic carbocycles. The van der Waals surface area contributed by atoms with E-state index in [1.165, 1.54) is 11.1 Å². The first-order valence-corrected chi connectivity index (χ1v) is 12.9. The number of benzene rings is 3. The maximum atomic E-state index is 12.8. The Balaban J connectivity index is 1.76. The van der Waals surface area contributed by atoms with Crippen molar-refractivity contribution in [2.75, 3.05) is 18.2 Å². The molecule has 0 saturated heterocycles. The van der Waals surface area contributed by atoms with Gasteiger partial charge in [-0.2, -0.15) is 0 Å². The third-order valence-electron chi connectivity index (χ3n) is 6.13. The highest BCUT2D eigenvalue weighted by Crippen LogP contribution is 2.41. The summed E-state index contributed by atoms with van der Waals surface area (Å²) in [5.41, 5.74) is 8.80. The summed E-state index contributed by atoms with van der Waals surface area (Å²) in [5.74, 6) is 0.564. The molecule has 0 spiro atoms. The molecule has 0 radical (unpaired) electrons. The molecule has 35 heavy (non-hydrogen) atoms. The lowest BCUT2D eigenvalue weighted by Gasteiger charge is -2.15. The highest BCUT2D eigenvalue weighted by molar-refractivity contribution is 7.98. The number of anilines is 1. The van der Waals surface area contributed by atoms with Crippen molar-refractivity contribution < 1.29 is 13.9 Å². The zero-order valence-corrected chi connectivity index (χ0v) is 21.9. The molecule has 0 bridgehead atoms. The first-order valence-electron chi connectivity index (χ1n) is 11.7. The van der Waals surface area contributed by atoms with E-state index in [1.54, 1.807) is 17.8 Å². The summed E-state index contributed by atoms with van der Waals surface area (Å²) in [6, 6.07) is 16.3. The molecule has 1 heterocycles.